The number of para-hydroxylation sites is 1. The third-order valence-electron chi connectivity index (χ3n) is 2.27. The Morgan fingerprint density at radius 1 is 0.824 bits per heavy atom. The average molecular weight is 228 g/mol. The summed E-state index contributed by atoms with van der Waals surface area (Å²) in [5.41, 5.74) is 2.47. The number of ether oxygens (including phenoxy) is 1. The Balaban J connectivity index is 0.000000686. The van der Waals surface area contributed by atoms with Crippen LogP contribution in [0.1, 0.15) is 25.0 Å². The summed E-state index contributed by atoms with van der Waals surface area (Å²) in [6.45, 7) is 6.71. The normalized spacial score (nSPS) is 9.12. The molecule has 0 saturated carbocycles. The third-order valence-corrected chi connectivity index (χ3v) is 2.27. The van der Waals surface area contributed by atoms with Crippen LogP contribution >= 0.6 is 0 Å². The predicted molar refractivity (Wildman–Crippen MR) is 73.3 cm³/mol. The van der Waals surface area contributed by atoms with Gasteiger partial charge in [0.1, 0.15) is 12.4 Å². The molecule has 0 saturated heterocycles. The lowest BCUT2D eigenvalue weighted by atomic mass is 10.2. The van der Waals surface area contributed by atoms with E-state index in [9.17, 15) is 0 Å². The van der Waals surface area contributed by atoms with Crippen molar-refractivity contribution in [3.63, 3.8) is 0 Å². The Morgan fingerprint density at radius 2 is 1.41 bits per heavy atom. The fourth-order valence-electron chi connectivity index (χ4n) is 1.37. The van der Waals surface area contributed by atoms with Crippen LogP contribution in [-0.4, -0.2) is 0 Å². The predicted octanol–water partition coefficient (Wildman–Crippen LogP) is 4.60. The SMILES string of the molecule is CC.Cc1ccc(COc2ccccc2)cc1. The topological polar surface area (TPSA) is 9.23 Å². The fraction of sp³-hybridized carbons (Fsp3) is 0.250. The maximum atomic E-state index is 5.63. The van der Waals surface area contributed by atoms with Gasteiger partial charge < -0.3 is 4.74 Å². The molecule has 0 aliphatic carbocycles. The molecule has 2 rings (SSSR count). The van der Waals surface area contributed by atoms with Gasteiger partial charge in [0.2, 0.25) is 0 Å². The number of benzene rings is 2. The lowest BCUT2D eigenvalue weighted by Crippen LogP contribution is -1.94. The van der Waals surface area contributed by atoms with E-state index >= 15 is 0 Å². The highest BCUT2D eigenvalue weighted by molar-refractivity contribution is 5.24. The van der Waals surface area contributed by atoms with Gasteiger partial charge in [0.05, 0.1) is 0 Å². The molecule has 0 fully saturated rings. The Morgan fingerprint density at radius 3 is 2.00 bits per heavy atom. The molecule has 1 nitrogen and oxygen atoms in total. The average Bonchev–Trinajstić information content (AvgIpc) is 2.42. The van der Waals surface area contributed by atoms with E-state index in [2.05, 4.69) is 31.2 Å². The Kier molecular flexibility index (Phi) is 5.87. The first-order valence-corrected chi connectivity index (χ1v) is 6.08. The van der Waals surface area contributed by atoms with Gasteiger partial charge in [0.25, 0.3) is 0 Å². The first-order chi connectivity index (χ1) is 8.34. The molecule has 0 radical (unpaired) electrons. The van der Waals surface area contributed by atoms with Crippen molar-refractivity contribution in [2.24, 2.45) is 0 Å². The van der Waals surface area contributed by atoms with Crippen molar-refractivity contribution in [2.75, 3.05) is 0 Å². The molecule has 0 atom stereocenters. The molecule has 0 unspecified atom stereocenters. The third kappa shape index (κ3) is 4.73. The number of hydrogen-bond acceptors (Lipinski definition) is 1. The van der Waals surface area contributed by atoms with Crippen LogP contribution in [0.3, 0.4) is 0 Å². The molecule has 2 aromatic rings. The summed E-state index contributed by atoms with van der Waals surface area (Å²) in [4.78, 5) is 0. The number of hydrogen-bond donors (Lipinski definition) is 0. The van der Waals surface area contributed by atoms with Gasteiger partial charge in [0.15, 0.2) is 0 Å². The van der Waals surface area contributed by atoms with Crippen molar-refractivity contribution in [3.8, 4) is 5.75 Å². The Hall–Kier alpha value is -1.76. The molecule has 0 amide bonds. The lowest BCUT2D eigenvalue weighted by molar-refractivity contribution is 0.306. The first kappa shape index (κ1) is 13.3. The molecule has 0 N–H and O–H groups in total. The fourth-order valence-corrected chi connectivity index (χ4v) is 1.37. The van der Waals surface area contributed by atoms with Gasteiger partial charge in [-0.3, -0.25) is 0 Å². The highest BCUT2D eigenvalue weighted by atomic mass is 16.5. The summed E-state index contributed by atoms with van der Waals surface area (Å²) in [6.07, 6.45) is 0. The van der Waals surface area contributed by atoms with Crippen LogP contribution in [0.5, 0.6) is 5.75 Å². The molecule has 0 bridgehead atoms. The van der Waals surface area contributed by atoms with E-state index in [1.807, 2.05) is 44.2 Å². The van der Waals surface area contributed by atoms with Crippen molar-refractivity contribution in [2.45, 2.75) is 27.4 Å². The molecule has 0 aromatic heterocycles. The van der Waals surface area contributed by atoms with Crippen LogP contribution in [0.15, 0.2) is 54.6 Å². The van der Waals surface area contributed by atoms with Crippen molar-refractivity contribution in [3.05, 3.63) is 65.7 Å². The van der Waals surface area contributed by atoms with E-state index < -0.39 is 0 Å². The molecule has 0 spiro atoms. The maximum absolute atomic E-state index is 5.63. The molecule has 1 heteroatoms. The number of aryl methyl sites for hydroxylation is 1. The van der Waals surface area contributed by atoms with Crippen LogP contribution in [0, 0.1) is 6.92 Å². The molecule has 90 valence electrons. The lowest BCUT2D eigenvalue weighted by Gasteiger charge is -2.05. The van der Waals surface area contributed by atoms with Crippen LogP contribution in [-0.2, 0) is 6.61 Å². The van der Waals surface area contributed by atoms with E-state index in [-0.39, 0.29) is 0 Å². The van der Waals surface area contributed by atoms with Crippen molar-refractivity contribution in [1.29, 1.82) is 0 Å². The van der Waals surface area contributed by atoms with Gasteiger partial charge in [0, 0.05) is 0 Å². The molecule has 0 aliphatic heterocycles. The maximum Gasteiger partial charge on any atom is 0.119 e. The molecular formula is C16H20O. The zero-order valence-electron chi connectivity index (χ0n) is 10.8. The molecule has 0 aliphatic rings. The minimum Gasteiger partial charge on any atom is -0.489 e. The minimum absolute atomic E-state index is 0.629. The van der Waals surface area contributed by atoms with Gasteiger partial charge >= 0.3 is 0 Å². The summed E-state index contributed by atoms with van der Waals surface area (Å²) >= 11 is 0. The molecule has 17 heavy (non-hydrogen) atoms. The van der Waals surface area contributed by atoms with E-state index in [0.717, 1.165) is 5.75 Å². The second-order valence-corrected chi connectivity index (χ2v) is 3.59. The van der Waals surface area contributed by atoms with Gasteiger partial charge in [-0.25, -0.2) is 0 Å². The van der Waals surface area contributed by atoms with Crippen molar-refractivity contribution >= 4 is 0 Å². The Bertz CT molecular complexity index is 403. The molecule has 2 aromatic carbocycles. The van der Waals surface area contributed by atoms with Gasteiger partial charge in [-0.1, -0.05) is 61.9 Å². The van der Waals surface area contributed by atoms with Crippen molar-refractivity contribution < 1.29 is 4.74 Å². The highest BCUT2D eigenvalue weighted by Gasteiger charge is 1.94. The van der Waals surface area contributed by atoms with E-state index in [4.69, 9.17) is 4.74 Å². The summed E-state index contributed by atoms with van der Waals surface area (Å²) in [5, 5.41) is 0. The van der Waals surface area contributed by atoms with Crippen LogP contribution in [0.4, 0.5) is 0 Å². The number of rotatable bonds is 3. The monoisotopic (exact) mass is 228 g/mol. The molecular weight excluding hydrogens is 208 g/mol. The Labute approximate surface area is 104 Å². The quantitative estimate of drug-likeness (QED) is 0.746. The zero-order chi connectivity index (χ0) is 12.5. The van der Waals surface area contributed by atoms with Crippen LogP contribution in [0.25, 0.3) is 0 Å². The first-order valence-electron chi connectivity index (χ1n) is 6.08. The second-order valence-electron chi connectivity index (χ2n) is 3.59. The van der Waals surface area contributed by atoms with E-state index in [1.54, 1.807) is 0 Å². The van der Waals surface area contributed by atoms with Crippen LogP contribution < -0.4 is 4.74 Å². The summed E-state index contributed by atoms with van der Waals surface area (Å²) in [7, 11) is 0. The van der Waals surface area contributed by atoms with E-state index in [0.29, 0.717) is 6.61 Å². The zero-order valence-corrected chi connectivity index (χ0v) is 10.8. The van der Waals surface area contributed by atoms with Gasteiger partial charge in [-0.15, -0.1) is 0 Å². The summed E-state index contributed by atoms with van der Waals surface area (Å²) < 4.78 is 5.63. The van der Waals surface area contributed by atoms with Gasteiger partial charge in [-0.2, -0.15) is 0 Å². The highest BCUT2D eigenvalue weighted by Crippen LogP contribution is 2.11. The van der Waals surface area contributed by atoms with Crippen molar-refractivity contribution in [1.82, 2.24) is 0 Å². The second kappa shape index (κ2) is 7.50. The largest absolute Gasteiger partial charge is 0.489 e. The smallest absolute Gasteiger partial charge is 0.119 e. The standard InChI is InChI=1S/C14H14O.C2H6/c1-12-7-9-13(10-8-12)11-15-14-5-3-2-4-6-14;1-2/h2-10H,11H2,1H3;1-2H3. The summed E-state index contributed by atoms with van der Waals surface area (Å²) in [6, 6.07) is 18.3. The van der Waals surface area contributed by atoms with Crippen LogP contribution in [0.2, 0.25) is 0 Å². The summed E-state index contributed by atoms with van der Waals surface area (Å²) in [5.74, 6) is 0.915. The molecule has 0 heterocycles. The van der Waals surface area contributed by atoms with E-state index in [1.165, 1.54) is 11.1 Å². The van der Waals surface area contributed by atoms with Gasteiger partial charge in [-0.05, 0) is 24.6 Å². The minimum atomic E-state index is 0.629.